The molecule has 1 spiro atoms. The van der Waals surface area contributed by atoms with E-state index in [0.29, 0.717) is 63.8 Å². The van der Waals surface area contributed by atoms with E-state index in [1.165, 1.54) is 32.9 Å². The molecule has 3 aromatic rings. The van der Waals surface area contributed by atoms with Gasteiger partial charge in [-0.15, -0.1) is 11.8 Å². The topological polar surface area (TPSA) is 169 Å². The quantitative estimate of drug-likeness (QED) is 0.226. The number of likely N-dealkylation sites (N-methyl/N-ethyl adjacent to an activating group) is 1. The number of carbonyl (C=O) groups is 2. The fourth-order valence-corrected chi connectivity index (χ4v) is 11.8. The van der Waals surface area contributed by atoms with Gasteiger partial charge < -0.3 is 43.7 Å². The third-order valence-electron chi connectivity index (χ3n) is 12.1. The zero-order valence-corrected chi connectivity index (χ0v) is 31.7. The molecule has 3 aromatic carbocycles. The Labute approximate surface area is 316 Å². The van der Waals surface area contributed by atoms with Gasteiger partial charge in [-0.2, -0.15) is 0 Å². The number of hydrogen-bond donors (Lipinski definition) is 4. The summed E-state index contributed by atoms with van der Waals surface area (Å²) in [6.07, 6.45) is 0.730. The van der Waals surface area contributed by atoms with Gasteiger partial charge in [0.25, 0.3) is 0 Å². The van der Waals surface area contributed by atoms with Gasteiger partial charge in [0.05, 0.1) is 31.6 Å². The smallest absolute Gasteiger partial charge is 0.331 e. The van der Waals surface area contributed by atoms with Crippen LogP contribution < -0.4 is 29.0 Å². The van der Waals surface area contributed by atoms with Crippen LogP contribution in [0.25, 0.3) is 0 Å². The number of phenolic OH excluding ortho intramolecular Hbond substituents is 2. The van der Waals surface area contributed by atoms with Crippen molar-refractivity contribution >= 4 is 23.7 Å². The molecule has 2 fully saturated rings. The van der Waals surface area contributed by atoms with Gasteiger partial charge in [0.1, 0.15) is 18.1 Å². The average Bonchev–Trinajstić information content (AvgIpc) is 3.54. The lowest BCUT2D eigenvalue weighted by molar-refractivity contribution is -0.215. The minimum absolute atomic E-state index is 0.00777. The van der Waals surface area contributed by atoms with Crippen LogP contribution in [0, 0.1) is 13.8 Å². The zero-order chi connectivity index (χ0) is 38.0. The molecule has 4 N–H and O–H groups in total. The van der Waals surface area contributed by atoms with Gasteiger partial charge in [-0.3, -0.25) is 19.9 Å². The summed E-state index contributed by atoms with van der Waals surface area (Å²) in [6.45, 7) is 5.44. The Bertz CT molecular complexity index is 2150. The van der Waals surface area contributed by atoms with E-state index in [0.717, 1.165) is 16.7 Å². The van der Waals surface area contributed by atoms with E-state index in [4.69, 9.17) is 28.4 Å². The number of nitrogens with zero attached hydrogens (tertiary/aromatic N) is 2. The summed E-state index contributed by atoms with van der Waals surface area (Å²) in [5.41, 5.74) is 2.60. The number of ether oxygens (including phenoxy) is 6. The summed E-state index contributed by atoms with van der Waals surface area (Å²) in [7, 11) is 4.92. The van der Waals surface area contributed by atoms with Crippen molar-refractivity contribution in [3.05, 3.63) is 62.7 Å². The maximum absolute atomic E-state index is 14.7. The number of aliphatic hydroxyl groups is 1. The van der Waals surface area contributed by atoms with Crippen LogP contribution in [-0.2, 0) is 32.7 Å². The molecule has 14 nitrogen and oxygen atoms in total. The molecule has 0 aromatic heterocycles. The molecule has 8 aliphatic rings. The van der Waals surface area contributed by atoms with E-state index in [1.54, 1.807) is 12.1 Å². The van der Waals surface area contributed by atoms with Gasteiger partial charge in [0.2, 0.25) is 6.79 Å². The number of esters is 2. The van der Waals surface area contributed by atoms with Crippen LogP contribution in [0.15, 0.2) is 18.2 Å². The first kappa shape index (κ1) is 35.3. The molecule has 0 radical (unpaired) electrons. The van der Waals surface area contributed by atoms with Crippen LogP contribution in [0.1, 0.15) is 68.8 Å². The molecule has 8 heterocycles. The van der Waals surface area contributed by atoms with Crippen LogP contribution in [0.2, 0.25) is 0 Å². The standard InChI is InChI=1S/C39H43N3O11S/c1-17-9-21-12-38(47)14-41(4)29(26(21)31(45)32(17)49-6)30-36-28-27(35-34(51-16-52-35)18(2)33(28)53-19(3)43)23(42(30)38)13-50-37(46)39(15-54-36)22-11-25(48-5)24(44)10-20(22)7-8-40-39/h9-11,23,29-30,36,40,44-45,47H,7-8,12-16H2,1-6H3/t23-,29?,30+,36+,38?,39-/m0/s1. The van der Waals surface area contributed by atoms with Crippen LogP contribution in [0.5, 0.6) is 40.2 Å². The first-order valence-electron chi connectivity index (χ1n) is 18.0. The summed E-state index contributed by atoms with van der Waals surface area (Å²) in [6, 6.07) is 3.43. The van der Waals surface area contributed by atoms with Gasteiger partial charge in [0.15, 0.2) is 40.0 Å². The van der Waals surface area contributed by atoms with Crippen molar-refractivity contribution in [2.45, 2.75) is 68.3 Å². The summed E-state index contributed by atoms with van der Waals surface area (Å²) in [4.78, 5) is 31.7. The number of piperazine rings is 1. The predicted octanol–water partition coefficient (Wildman–Crippen LogP) is 3.41. The average molecular weight is 762 g/mol. The SMILES string of the molecule is COc1cc2c(cc1O)CCN[C@@]21CS[C@@H]2c3c(OC(C)=O)c(C)c4c(c3[C@H](COC1=O)N1[C@@H]2C2c3c(cc(C)c(OC)c3O)CC1(O)CN2C)OCO4. The number of carbonyl (C=O) groups excluding carboxylic acids is 2. The molecular weight excluding hydrogens is 719 g/mol. The Morgan fingerprint density at radius 1 is 1.02 bits per heavy atom. The number of aryl methyl sites for hydroxylation is 1. The van der Waals surface area contributed by atoms with E-state index in [2.05, 4.69) is 10.2 Å². The molecular formula is C39H43N3O11S. The maximum Gasteiger partial charge on any atom is 0.331 e. The number of fused-ring (bicyclic) bond motifs is 6. The van der Waals surface area contributed by atoms with Gasteiger partial charge in [-0.05, 0) is 61.7 Å². The molecule has 0 saturated carbocycles. The third kappa shape index (κ3) is 4.74. The van der Waals surface area contributed by atoms with Crippen LogP contribution >= 0.6 is 11.8 Å². The third-order valence-corrected chi connectivity index (χ3v) is 13.6. The van der Waals surface area contributed by atoms with Crippen LogP contribution in [0.4, 0.5) is 0 Å². The Kier molecular flexibility index (Phi) is 8.04. The predicted molar refractivity (Wildman–Crippen MR) is 195 cm³/mol. The second-order valence-corrected chi connectivity index (χ2v) is 16.2. The van der Waals surface area contributed by atoms with E-state index in [9.17, 15) is 24.9 Å². The molecule has 0 aliphatic carbocycles. The summed E-state index contributed by atoms with van der Waals surface area (Å²) in [5.74, 6) is 0.890. The highest BCUT2D eigenvalue weighted by molar-refractivity contribution is 7.99. The highest BCUT2D eigenvalue weighted by Crippen LogP contribution is 2.65. The van der Waals surface area contributed by atoms with Crippen molar-refractivity contribution in [1.82, 2.24) is 15.1 Å². The van der Waals surface area contributed by atoms with Crippen molar-refractivity contribution in [3.8, 4) is 40.2 Å². The van der Waals surface area contributed by atoms with Gasteiger partial charge in [-0.25, -0.2) is 4.79 Å². The Hall–Kier alpha value is -4.41. The van der Waals surface area contributed by atoms with Crippen molar-refractivity contribution in [3.63, 3.8) is 0 Å². The normalized spacial score (nSPS) is 30.4. The highest BCUT2D eigenvalue weighted by Gasteiger charge is 2.63. The number of nitrogens with one attached hydrogen (secondary N) is 1. The van der Waals surface area contributed by atoms with E-state index in [-0.39, 0.29) is 49.4 Å². The van der Waals surface area contributed by atoms with Gasteiger partial charge >= 0.3 is 11.9 Å². The number of methoxy groups -OCH3 is 2. The number of hydrogen-bond acceptors (Lipinski definition) is 15. The fourth-order valence-electron chi connectivity index (χ4n) is 10.1. The fraction of sp³-hybridized carbons (Fsp3) is 0.487. The molecule has 4 bridgehead atoms. The van der Waals surface area contributed by atoms with Gasteiger partial charge in [-0.1, -0.05) is 6.07 Å². The van der Waals surface area contributed by atoms with E-state index >= 15 is 0 Å². The maximum atomic E-state index is 14.7. The lowest BCUT2D eigenvalue weighted by atomic mass is 9.78. The number of phenols is 2. The Morgan fingerprint density at radius 2 is 1.80 bits per heavy atom. The number of thioether (sulfide) groups is 1. The number of aromatic hydroxyl groups is 2. The van der Waals surface area contributed by atoms with E-state index < -0.39 is 46.6 Å². The minimum atomic E-state index is -1.52. The highest BCUT2D eigenvalue weighted by atomic mass is 32.2. The molecule has 7 atom stereocenters. The molecule has 54 heavy (non-hydrogen) atoms. The first-order valence-corrected chi connectivity index (χ1v) is 19.1. The summed E-state index contributed by atoms with van der Waals surface area (Å²) >= 11 is 1.47. The Morgan fingerprint density at radius 3 is 2.54 bits per heavy atom. The molecule has 3 unspecified atom stereocenters. The van der Waals surface area contributed by atoms with E-state index in [1.807, 2.05) is 31.9 Å². The second kappa shape index (κ2) is 12.3. The summed E-state index contributed by atoms with van der Waals surface area (Å²) < 4.78 is 36.0. The van der Waals surface area contributed by atoms with Gasteiger partial charge in [0, 0.05) is 60.5 Å². The number of benzene rings is 3. The van der Waals surface area contributed by atoms with Crippen molar-refractivity contribution < 1.29 is 53.3 Å². The minimum Gasteiger partial charge on any atom is -0.504 e. The molecule has 0 amide bonds. The molecule has 286 valence electrons. The summed E-state index contributed by atoms with van der Waals surface area (Å²) in [5, 5.41) is 38.8. The number of rotatable bonds is 3. The van der Waals surface area contributed by atoms with Crippen LogP contribution in [0.3, 0.4) is 0 Å². The lowest BCUT2D eigenvalue weighted by Crippen LogP contribution is -2.70. The first-order chi connectivity index (χ1) is 25.8. The van der Waals surface area contributed by atoms with Crippen molar-refractivity contribution in [1.29, 1.82) is 0 Å². The van der Waals surface area contributed by atoms with Crippen molar-refractivity contribution in [2.75, 3.05) is 53.5 Å². The van der Waals surface area contributed by atoms with Crippen molar-refractivity contribution in [2.24, 2.45) is 0 Å². The molecule has 8 aliphatic heterocycles. The molecule has 11 rings (SSSR count). The largest absolute Gasteiger partial charge is 0.504 e. The molecule has 15 heteroatoms. The monoisotopic (exact) mass is 761 g/mol. The second-order valence-electron chi connectivity index (χ2n) is 15.1. The zero-order valence-electron chi connectivity index (χ0n) is 30.9. The lowest BCUT2D eigenvalue weighted by Gasteiger charge is -2.60. The molecule has 2 saturated heterocycles. The van der Waals surface area contributed by atoms with Crippen LogP contribution in [-0.4, -0.2) is 102 Å². The Balaban J connectivity index is 1.33.